The third kappa shape index (κ3) is 5.59. The highest BCUT2D eigenvalue weighted by Gasteiger charge is 2.25. The number of aryl methyl sites for hydroxylation is 1. The molecule has 0 spiro atoms. The lowest BCUT2D eigenvalue weighted by molar-refractivity contribution is -0.137. The van der Waals surface area contributed by atoms with Gasteiger partial charge in [0.1, 0.15) is 12.4 Å². The van der Waals surface area contributed by atoms with Gasteiger partial charge in [0.25, 0.3) is 5.91 Å². The number of amides is 1. The molecule has 0 bridgehead atoms. The highest BCUT2D eigenvalue weighted by Crippen LogP contribution is 2.24. The summed E-state index contributed by atoms with van der Waals surface area (Å²) in [5, 5.41) is 8.88. The van der Waals surface area contributed by atoms with E-state index in [1.807, 2.05) is 48.2 Å². The van der Waals surface area contributed by atoms with Crippen LogP contribution in [0.25, 0.3) is 0 Å². The molecule has 3 rings (SSSR count). The predicted molar refractivity (Wildman–Crippen MR) is 107 cm³/mol. The fraction of sp³-hybridized carbons (Fsp3) is 0.391. The van der Waals surface area contributed by atoms with Crippen molar-refractivity contribution < 1.29 is 19.4 Å². The Morgan fingerprint density at radius 1 is 1.18 bits per heavy atom. The molecule has 28 heavy (non-hydrogen) atoms. The molecule has 1 aliphatic rings. The third-order valence-electron chi connectivity index (χ3n) is 5.14. The van der Waals surface area contributed by atoms with Gasteiger partial charge in [-0.25, -0.2) is 0 Å². The maximum atomic E-state index is 12.9. The Morgan fingerprint density at radius 3 is 2.79 bits per heavy atom. The molecule has 1 atom stereocenters. The molecule has 2 aromatic rings. The molecule has 1 saturated heterocycles. The summed E-state index contributed by atoms with van der Waals surface area (Å²) in [4.78, 5) is 25.6. The second-order valence-corrected chi connectivity index (χ2v) is 7.50. The average molecular weight is 381 g/mol. The number of benzene rings is 2. The Morgan fingerprint density at radius 2 is 2.00 bits per heavy atom. The van der Waals surface area contributed by atoms with Gasteiger partial charge in [0, 0.05) is 25.1 Å². The largest absolute Gasteiger partial charge is 0.489 e. The normalized spacial score (nSPS) is 16.6. The molecule has 0 aromatic heterocycles. The zero-order chi connectivity index (χ0) is 19.9. The number of hydrogen-bond donors (Lipinski definition) is 1. The van der Waals surface area contributed by atoms with Gasteiger partial charge < -0.3 is 14.7 Å². The van der Waals surface area contributed by atoms with Crippen LogP contribution in [-0.2, 0) is 11.4 Å². The van der Waals surface area contributed by atoms with E-state index in [0.717, 1.165) is 24.9 Å². The van der Waals surface area contributed by atoms with Crippen molar-refractivity contribution in [1.29, 1.82) is 0 Å². The smallest absolute Gasteiger partial charge is 0.303 e. The summed E-state index contributed by atoms with van der Waals surface area (Å²) in [6, 6.07) is 15.5. The molecule has 2 aromatic carbocycles. The average Bonchev–Trinajstić information content (AvgIpc) is 2.71. The summed E-state index contributed by atoms with van der Waals surface area (Å²) in [7, 11) is 0. The first-order chi connectivity index (χ1) is 13.5. The lowest BCUT2D eigenvalue weighted by Gasteiger charge is -2.32. The second-order valence-electron chi connectivity index (χ2n) is 7.50. The van der Waals surface area contributed by atoms with Crippen LogP contribution in [0.1, 0.15) is 47.2 Å². The van der Waals surface area contributed by atoms with E-state index < -0.39 is 5.97 Å². The maximum absolute atomic E-state index is 12.9. The number of piperidine rings is 1. The third-order valence-corrected chi connectivity index (χ3v) is 5.14. The van der Waals surface area contributed by atoms with E-state index in [9.17, 15) is 9.59 Å². The van der Waals surface area contributed by atoms with Gasteiger partial charge in [-0.2, -0.15) is 0 Å². The minimum atomic E-state index is -0.776. The summed E-state index contributed by atoms with van der Waals surface area (Å²) in [6.45, 7) is 3.85. The van der Waals surface area contributed by atoms with Gasteiger partial charge in [0.15, 0.2) is 0 Å². The summed E-state index contributed by atoms with van der Waals surface area (Å²) < 4.78 is 5.88. The minimum Gasteiger partial charge on any atom is -0.489 e. The Kier molecular flexibility index (Phi) is 6.69. The van der Waals surface area contributed by atoms with Crippen molar-refractivity contribution in [3.05, 3.63) is 65.2 Å². The zero-order valence-corrected chi connectivity index (χ0v) is 16.3. The molecule has 0 radical (unpaired) electrons. The van der Waals surface area contributed by atoms with E-state index in [0.29, 0.717) is 30.9 Å². The number of rotatable bonds is 7. The van der Waals surface area contributed by atoms with Gasteiger partial charge in [-0.15, -0.1) is 0 Å². The van der Waals surface area contributed by atoms with Gasteiger partial charge in [-0.3, -0.25) is 9.59 Å². The van der Waals surface area contributed by atoms with Crippen molar-refractivity contribution in [3.8, 4) is 5.75 Å². The summed E-state index contributed by atoms with van der Waals surface area (Å²) in [5.74, 6) is 0.143. The summed E-state index contributed by atoms with van der Waals surface area (Å²) >= 11 is 0. The number of nitrogens with zero attached hydrogens (tertiary/aromatic N) is 1. The Bertz CT molecular complexity index is 833. The monoisotopic (exact) mass is 381 g/mol. The van der Waals surface area contributed by atoms with Gasteiger partial charge in [-0.05, 0) is 55.9 Å². The number of hydrogen-bond acceptors (Lipinski definition) is 3. The summed E-state index contributed by atoms with van der Waals surface area (Å²) in [5.41, 5.74) is 2.89. The van der Waals surface area contributed by atoms with Crippen molar-refractivity contribution in [2.45, 2.75) is 39.2 Å². The number of ether oxygens (including phenoxy) is 1. The van der Waals surface area contributed by atoms with Crippen LogP contribution in [-0.4, -0.2) is 35.0 Å². The van der Waals surface area contributed by atoms with Gasteiger partial charge in [0.2, 0.25) is 0 Å². The highest BCUT2D eigenvalue weighted by atomic mass is 16.5. The highest BCUT2D eigenvalue weighted by molar-refractivity contribution is 5.94. The van der Waals surface area contributed by atoms with Crippen LogP contribution in [0.2, 0.25) is 0 Å². The fourth-order valence-corrected chi connectivity index (χ4v) is 3.68. The first-order valence-corrected chi connectivity index (χ1v) is 9.81. The van der Waals surface area contributed by atoms with Crippen LogP contribution >= 0.6 is 0 Å². The van der Waals surface area contributed by atoms with Crippen LogP contribution in [0.4, 0.5) is 0 Å². The number of carbonyl (C=O) groups excluding carboxylic acids is 1. The van der Waals surface area contributed by atoms with Crippen molar-refractivity contribution in [2.24, 2.45) is 5.92 Å². The van der Waals surface area contributed by atoms with Crippen LogP contribution < -0.4 is 4.74 Å². The van der Waals surface area contributed by atoms with E-state index >= 15 is 0 Å². The molecule has 1 heterocycles. The Balaban J connectivity index is 1.60. The van der Waals surface area contributed by atoms with E-state index in [1.54, 1.807) is 6.07 Å². The number of carbonyl (C=O) groups is 2. The molecule has 0 saturated carbocycles. The molecule has 1 fully saturated rings. The molecule has 5 heteroatoms. The molecular formula is C23H27NO4. The number of likely N-dealkylation sites (tertiary alicyclic amines) is 1. The molecule has 0 aliphatic carbocycles. The molecule has 1 N–H and O–H groups in total. The zero-order valence-electron chi connectivity index (χ0n) is 16.3. The lowest BCUT2D eigenvalue weighted by Crippen LogP contribution is -2.40. The van der Waals surface area contributed by atoms with Crippen LogP contribution in [0.15, 0.2) is 48.5 Å². The standard InChI is InChI=1S/C23H27NO4/c1-17-5-2-6-19(13-17)16-28-21-9-3-8-20(14-21)23(27)24-12-4-7-18(15-24)10-11-22(25)26/h2-3,5-6,8-9,13-14,18H,4,7,10-12,15-16H2,1H3,(H,25,26). The molecule has 1 unspecified atom stereocenters. The SMILES string of the molecule is Cc1cccc(COc2cccc(C(=O)N3CCCC(CCC(=O)O)C3)c2)c1. The minimum absolute atomic E-state index is 0.0129. The van der Waals surface area contributed by atoms with E-state index in [2.05, 4.69) is 6.07 Å². The molecule has 1 aliphatic heterocycles. The number of carboxylic acids is 1. The van der Waals surface area contributed by atoms with Crippen molar-refractivity contribution in [2.75, 3.05) is 13.1 Å². The number of carboxylic acid groups (broad SMARTS) is 1. The summed E-state index contributed by atoms with van der Waals surface area (Å²) in [6.07, 6.45) is 2.68. The van der Waals surface area contributed by atoms with E-state index in [1.165, 1.54) is 5.56 Å². The van der Waals surface area contributed by atoms with E-state index in [-0.39, 0.29) is 18.2 Å². The van der Waals surface area contributed by atoms with Crippen LogP contribution in [0, 0.1) is 12.8 Å². The van der Waals surface area contributed by atoms with E-state index in [4.69, 9.17) is 9.84 Å². The first kappa shape index (κ1) is 19.9. The topological polar surface area (TPSA) is 66.8 Å². The lowest BCUT2D eigenvalue weighted by atomic mass is 9.93. The van der Waals surface area contributed by atoms with Crippen molar-refractivity contribution in [3.63, 3.8) is 0 Å². The van der Waals surface area contributed by atoms with Crippen molar-refractivity contribution >= 4 is 11.9 Å². The van der Waals surface area contributed by atoms with Gasteiger partial charge >= 0.3 is 5.97 Å². The Labute approximate surface area is 165 Å². The molecule has 1 amide bonds. The fourth-order valence-electron chi connectivity index (χ4n) is 3.68. The molecular weight excluding hydrogens is 354 g/mol. The van der Waals surface area contributed by atoms with Gasteiger partial charge in [-0.1, -0.05) is 35.9 Å². The first-order valence-electron chi connectivity index (χ1n) is 9.81. The quantitative estimate of drug-likeness (QED) is 0.777. The molecule has 148 valence electrons. The number of aliphatic carboxylic acids is 1. The molecule has 5 nitrogen and oxygen atoms in total. The van der Waals surface area contributed by atoms with Gasteiger partial charge in [0.05, 0.1) is 0 Å². The second kappa shape index (κ2) is 9.40. The maximum Gasteiger partial charge on any atom is 0.303 e. The predicted octanol–water partition coefficient (Wildman–Crippen LogP) is 4.29. The van der Waals surface area contributed by atoms with Crippen LogP contribution in [0.3, 0.4) is 0 Å². The Hall–Kier alpha value is -2.82. The van der Waals surface area contributed by atoms with Crippen molar-refractivity contribution in [1.82, 2.24) is 4.90 Å². The van der Waals surface area contributed by atoms with Crippen LogP contribution in [0.5, 0.6) is 5.75 Å².